The van der Waals surface area contributed by atoms with Gasteiger partial charge in [-0.15, -0.1) is 20.6 Å². The van der Waals surface area contributed by atoms with Gasteiger partial charge in [0.05, 0.1) is 10.4 Å². The van der Waals surface area contributed by atoms with Crippen LogP contribution in [-0.4, -0.2) is 0 Å². The number of aryl methyl sites for hydroxylation is 1. The first-order chi connectivity index (χ1) is 11.9. The van der Waals surface area contributed by atoms with Gasteiger partial charge in [-0.25, -0.2) is 0 Å². The van der Waals surface area contributed by atoms with Gasteiger partial charge in [-0.1, -0.05) is 57.2 Å². The standard InChI is InChI=1S/C22H24NPS/c1-22(2,3)16-10-4-5-11-17(16)23-18-12-6-8-14-15-9-7-13-19(24)21(15)25-20(14)18/h4-6,8,10-13,23H,7,9,24H2,1-3H3. The smallest absolute Gasteiger partial charge is 0.0587 e. The first kappa shape index (κ1) is 16.8. The molecule has 1 aliphatic rings. The molecule has 3 aromatic rings. The molecule has 0 amide bonds. The van der Waals surface area contributed by atoms with Crippen LogP contribution >= 0.6 is 20.6 Å². The van der Waals surface area contributed by atoms with Crippen molar-refractivity contribution in [3.05, 3.63) is 64.5 Å². The molecule has 0 radical (unpaired) electrons. The number of thiophene rings is 1. The maximum Gasteiger partial charge on any atom is 0.0587 e. The second kappa shape index (κ2) is 6.27. The van der Waals surface area contributed by atoms with Crippen LogP contribution in [0.25, 0.3) is 15.4 Å². The summed E-state index contributed by atoms with van der Waals surface area (Å²) in [5.74, 6) is 0. The van der Waals surface area contributed by atoms with E-state index in [1.807, 2.05) is 11.3 Å². The van der Waals surface area contributed by atoms with Gasteiger partial charge in [-0.05, 0) is 52.2 Å². The molecule has 4 rings (SSSR count). The summed E-state index contributed by atoms with van der Waals surface area (Å²) >= 11 is 1.92. The van der Waals surface area contributed by atoms with Crippen molar-refractivity contribution in [1.82, 2.24) is 0 Å². The largest absolute Gasteiger partial charge is 0.354 e. The van der Waals surface area contributed by atoms with Crippen LogP contribution in [0.1, 0.15) is 43.2 Å². The van der Waals surface area contributed by atoms with Gasteiger partial charge in [-0.3, -0.25) is 0 Å². The van der Waals surface area contributed by atoms with E-state index < -0.39 is 0 Å². The van der Waals surface area contributed by atoms with Gasteiger partial charge in [-0.2, -0.15) is 0 Å². The highest BCUT2D eigenvalue weighted by atomic mass is 32.1. The quantitative estimate of drug-likeness (QED) is 0.477. The number of benzene rings is 2. The molecule has 0 saturated carbocycles. The lowest BCUT2D eigenvalue weighted by molar-refractivity contribution is 0.592. The van der Waals surface area contributed by atoms with Crippen molar-refractivity contribution < 1.29 is 0 Å². The van der Waals surface area contributed by atoms with E-state index in [0.717, 1.165) is 12.8 Å². The van der Waals surface area contributed by atoms with Gasteiger partial charge in [0.2, 0.25) is 0 Å². The van der Waals surface area contributed by atoms with Crippen molar-refractivity contribution >= 4 is 47.4 Å². The van der Waals surface area contributed by atoms with Crippen LogP contribution in [0.15, 0.2) is 48.5 Å². The molecule has 1 aromatic heterocycles. The molecule has 1 heterocycles. The summed E-state index contributed by atoms with van der Waals surface area (Å²) in [6.45, 7) is 6.80. The minimum absolute atomic E-state index is 0.113. The number of allylic oxidation sites excluding steroid dienone is 1. The average molecular weight is 365 g/mol. The summed E-state index contributed by atoms with van der Waals surface area (Å²) < 4.78 is 1.37. The molecular formula is C22H24NPS. The highest BCUT2D eigenvalue weighted by molar-refractivity contribution is 7.35. The number of anilines is 2. The SMILES string of the molecule is CC(C)(C)c1ccccc1Nc1cccc2c3c(sc12)C(P)=CCC3. The number of rotatable bonds is 2. The number of fused-ring (bicyclic) bond motifs is 3. The van der Waals surface area contributed by atoms with Gasteiger partial charge in [0.1, 0.15) is 0 Å². The second-order valence-electron chi connectivity index (χ2n) is 7.71. The minimum atomic E-state index is 0.113. The Kier molecular flexibility index (Phi) is 4.22. The number of para-hydroxylation sites is 1. The lowest BCUT2D eigenvalue weighted by atomic mass is 9.86. The van der Waals surface area contributed by atoms with Gasteiger partial charge >= 0.3 is 0 Å². The number of hydrogen-bond donors (Lipinski definition) is 1. The Morgan fingerprint density at radius 3 is 2.56 bits per heavy atom. The lowest BCUT2D eigenvalue weighted by Gasteiger charge is -2.23. The topological polar surface area (TPSA) is 12.0 Å². The normalized spacial score (nSPS) is 14.3. The van der Waals surface area contributed by atoms with Crippen LogP contribution in [0.2, 0.25) is 0 Å². The van der Waals surface area contributed by atoms with Gasteiger partial charge in [0.25, 0.3) is 0 Å². The summed E-state index contributed by atoms with van der Waals surface area (Å²) in [7, 11) is 2.91. The fourth-order valence-corrected chi connectivity index (χ4v) is 5.39. The highest BCUT2D eigenvalue weighted by Crippen LogP contribution is 2.45. The minimum Gasteiger partial charge on any atom is -0.354 e. The zero-order valence-corrected chi connectivity index (χ0v) is 17.0. The van der Waals surface area contributed by atoms with E-state index >= 15 is 0 Å². The van der Waals surface area contributed by atoms with Crippen LogP contribution in [0.4, 0.5) is 11.4 Å². The summed E-state index contributed by atoms with van der Waals surface area (Å²) in [6.07, 6.45) is 4.63. The van der Waals surface area contributed by atoms with Crippen LogP contribution in [0.5, 0.6) is 0 Å². The van der Waals surface area contributed by atoms with Crippen molar-refractivity contribution in [3.8, 4) is 0 Å². The molecule has 0 fully saturated rings. The molecular weight excluding hydrogens is 341 g/mol. The monoisotopic (exact) mass is 365 g/mol. The summed E-state index contributed by atoms with van der Waals surface area (Å²) in [4.78, 5) is 1.43. The molecule has 25 heavy (non-hydrogen) atoms. The zero-order chi connectivity index (χ0) is 17.6. The first-order valence-corrected chi connectivity index (χ1v) is 10.2. The van der Waals surface area contributed by atoms with Gasteiger partial charge in [0, 0.05) is 10.6 Å². The lowest BCUT2D eigenvalue weighted by Crippen LogP contribution is -2.13. The predicted octanol–water partition coefficient (Wildman–Crippen LogP) is 7.10. The van der Waals surface area contributed by atoms with E-state index in [2.05, 4.69) is 83.9 Å². The average Bonchev–Trinajstić information content (AvgIpc) is 2.96. The van der Waals surface area contributed by atoms with E-state index in [1.165, 1.54) is 42.8 Å². The van der Waals surface area contributed by atoms with E-state index in [4.69, 9.17) is 0 Å². The molecule has 0 spiro atoms. The van der Waals surface area contributed by atoms with Crippen LogP contribution in [0, 0.1) is 0 Å². The molecule has 1 atom stereocenters. The zero-order valence-electron chi connectivity index (χ0n) is 15.0. The number of nitrogens with one attached hydrogen (secondary N) is 1. The third-order valence-electron chi connectivity index (χ3n) is 4.84. The van der Waals surface area contributed by atoms with Crippen LogP contribution < -0.4 is 5.32 Å². The molecule has 128 valence electrons. The molecule has 1 nitrogen and oxygen atoms in total. The van der Waals surface area contributed by atoms with E-state index in [9.17, 15) is 0 Å². The van der Waals surface area contributed by atoms with E-state index in [-0.39, 0.29) is 5.41 Å². The second-order valence-corrected chi connectivity index (χ2v) is 9.35. The Hall–Kier alpha value is -1.63. The highest BCUT2D eigenvalue weighted by Gasteiger charge is 2.20. The molecule has 2 aromatic carbocycles. The van der Waals surface area contributed by atoms with Crippen LogP contribution in [-0.2, 0) is 11.8 Å². The first-order valence-electron chi connectivity index (χ1n) is 8.82. The maximum absolute atomic E-state index is 3.73. The van der Waals surface area contributed by atoms with Crippen molar-refractivity contribution in [2.45, 2.75) is 39.0 Å². The molecule has 3 heteroatoms. The molecule has 1 aliphatic carbocycles. The maximum atomic E-state index is 3.73. The summed E-state index contributed by atoms with van der Waals surface area (Å²) in [6, 6.07) is 15.3. The molecule has 0 bridgehead atoms. The fourth-order valence-electron chi connectivity index (χ4n) is 3.61. The molecule has 0 saturated heterocycles. The molecule has 1 unspecified atom stereocenters. The van der Waals surface area contributed by atoms with E-state index in [0.29, 0.717) is 0 Å². The summed E-state index contributed by atoms with van der Waals surface area (Å²) in [5, 5.41) is 6.49. The van der Waals surface area contributed by atoms with Crippen molar-refractivity contribution in [2.24, 2.45) is 0 Å². The van der Waals surface area contributed by atoms with Crippen molar-refractivity contribution in [2.75, 3.05) is 5.32 Å². The van der Waals surface area contributed by atoms with E-state index in [1.54, 1.807) is 0 Å². The Balaban J connectivity index is 1.83. The third-order valence-corrected chi connectivity index (χ3v) is 6.91. The Morgan fingerprint density at radius 1 is 1.00 bits per heavy atom. The van der Waals surface area contributed by atoms with Gasteiger partial charge < -0.3 is 5.32 Å². The molecule has 0 aliphatic heterocycles. The predicted molar refractivity (Wildman–Crippen MR) is 116 cm³/mol. The Bertz CT molecular complexity index is 975. The number of hydrogen-bond acceptors (Lipinski definition) is 2. The van der Waals surface area contributed by atoms with Crippen molar-refractivity contribution in [1.29, 1.82) is 0 Å². The van der Waals surface area contributed by atoms with Gasteiger partial charge in [0.15, 0.2) is 0 Å². The third kappa shape index (κ3) is 3.03. The Labute approximate surface area is 156 Å². The fraction of sp³-hybridized carbons (Fsp3) is 0.273. The van der Waals surface area contributed by atoms with Crippen molar-refractivity contribution in [3.63, 3.8) is 0 Å². The summed E-state index contributed by atoms with van der Waals surface area (Å²) in [5.41, 5.74) is 5.39. The molecule has 1 N–H and O–H groups in total. The van der Waals surface area contributed by atoms with Crippen LogP contribution in [0.3, 0.4) is 0 Å². The Morgan fingerprint density at radius 2 is 1.76 bits per heavy atom.